The highest BCUT2D eigenvalue weighted by Crippen LogP contribution is 2.45. The Bertz CT molecular complexity index is 2910. The number of fused-ring (bicyclic) bond motifs is 4. The molecule has 0 aliphatic rings. The van der Waals surface area contributed by atoms with Crippen molar-refractivity contribution in [3.05, 3.63) is 212 Å². The maximum absolute atomic E-state index is 2.42. The molecule has 0 unspecified atom stereocenters. The number of hydrogen-bond donors (Lipinski definition) is 0. The van der Waals surface area contributed by atoms with E-state index in [0.717, 1.165) is 11.4 Å². The summed E-state index contributed by atoms with van der Waals surface area (Å²) in [5.41, 5.74) is 13.2. The Labute approximate surface area is 319 Å². The van der Waals surface area contributed by atoms with Crippen molar-refractivity contribution in [1.29, 1.82) is 0 Å². The zero-order valence-electron chi connectivity index (χ0n) is 29.6. The molecule has 1 aromatic heterocycles. The molecule has 0 aliphatic heterocycles. The van der Waals surface area contributed by atoms with E-state index in [1.165, 1.54) is 81.1 Å². The lowest BCUT2D eigenvalue weighted by Crippen LogP contribution is -2.10. The molecule has 0 radical (unpaired) electrons. The van der Waals surface area contributed by atoms with Gasteiger partial charge in [0.2, 0.25) is 0 Å². The van der Waals surface area contributed by atoms with Crippen LogP contribution < -0.4 is 4.90 Å². The second kappa shape index (κ2) is 13.7. The highest BCUT2D eigenvalue weighted by molar-refractivity contribution is 7.26. The van der Waals surface area contributed by atoms with Gasteiger partial charge in [0.05, 0.1) is 10.4 Å². The zero-order valence-corrected chi connectivity index (χ0v) is 30.4. The Kier molecular flexibility index (Phi) is 8.09. The molecule has 54 heavy (non-hydrogen) atoms. The van der Waals surface area contributed by atoms with Crippen LogP contribution in [0.5, 0.6) is 0 Å². The lowest BCUT2D eigenvalue weighted by molar-refractivity contribution is 1.30. The molecule has 0 atom stereocenters. The van der Waals surface area contributed by atoms with Crippen LogP contribution in [0, 0.1) is 0 Å². The average molecular weight is 706 g/mol. The van der Waals surface area contributed by atoms with Gasteiger partial charge in [-0.05, 0) is 104 Å². The maximum Gasteiger partial charge on any atom is 0.0640 e. The summed E-state index contributed by atoms with van der Waals surface area (Å²) in [7, 11) is 0. The van der Waals surface area contributed by atoms with Gasteiger partial charge in [-0.2, -0.15) is 0 Å². The molecule has 0 saturated heterocycles. The third-order valence-electron chi connectivity index (χ3n) is 10.5. The highest BCUT2D eigenvalue weighted by atomic mass is 32.1. The fourth-order valence-electron chi connectivity index (χ4n) is 7.77. The minimum Gasteiger partial charge on any atom is -0.309 e. The van der Waals surface area contributed by atoms with Crippen molar-refractivity contribution in [2.75, 3.05) is 4.90 Å². The number of hydrogen-bond acceptors (Lipinski definition) is 2. The lowest BCUT2D eigenvalue weighted by Gasteiger charge is -2.26. The van der Waals surface area contributed by atoms with Crippen LogP contribution in [0.25, 0.3) is 75.5 Å². The first kappa shape index (κ1) is 32.0. The molecule has 9 aromatic carbocycles. The van der Waals surface area contributed by atoms with Crippen LogP contribution in [0.4, 0.5) is 17.1 Å². The summed E-state index contributed by atoms with van der Waals surface area (Å²) < 4.78 is 2.58. The Hall–Kier alpha value is -6.74. The van der Waals surface area contributed by atoms with E-state index in [1.54, 1.807) is 0 Å². The third kappa shape index (κ3) is 5.84. The smallest absolute Gasteiger partial charge is 0.0640 e. The fourth-order valence-corrected chi connectivity index (χ4v) is 8.97. The predicted molar refractivity (Wildman–Crippen MR) is 233 cm³/mol. The van der Waals surface area contributed by atoms with Crippen molar-refractivity contribution in [3.8, 4) is 44.5 Å². The van der Waals surface area contributed by atoms with Crippen LogP contribution in [-0.2, 0) is 0 Å². The summed E-state index contributed by atoms with van der Waals surface area (Å²) in [6.45, 7) is 0. The molecule has 0 amide bonds. The molecule has 0 fully saturated rings. The van der Waals surface area contributed by atoms with Crippen molar-refractivity contribution in [3.63, 3.8) is 0 Å². The molecule has 1 heterocycles. The van der Waals surface area contributed by atoms with E-state index in [2.05, 4.69) is 217 Å². The van der Waals surface area contributed by atoms with Crippen molar-refractivity contribution in [2.24, 2.45) is 0 Å². The zero-order chi connectivity index (χ0) is 35.8. The number of rotatable bonds is 7. The minimum absolute atomic E-state index is 1.12. The van der Waals surface area contributed by atoms with E-state index in [-0.39, 0.29) is 0 Å². The normalized spacial score (nSPS) is 11.3. The lowest BCUT2D eigenvalue weighted by atomic mass is 9.94. The summed E-state index contributed by atoms with van der Waals surface area (Å²) in [6.07, 6.45) is 0. The first-order valence-electron chi connectivity index (χ1n) is 18.4. The molecule has 2 heteroatoms. The molecule has 1 nitrogen and oxygen atoms in total. The van der Waals surface area contributed by atoms with Crippen molar-refractivity contribution in [2.45, 2.75) is 0 Å². The van der Waals surface area contributed by atoms with Crippen molar-refractivity contribution < 1.29 is 0 Å². The van der Waals surface area contributed by atoms with Crippen LogP contribution >= 0.6 is 11.3 Å². The van der Waals surface area contributed by atoms with Crippen molar-refractivity contribution >= 4 is 59.3 Å². The Morgan fingerprint density at radius 3 is 1.41 bits per heavy atom. The molecule has 254 valence electrons. The quantitative estimate of drug-likeness (QED) is 0.160. The SMILES string of the molecule is c1ccc(-c2ccc3cc(-c4ccc(N(c5ccc(-c6ccccc6-c6ccccc6)cc5)c5cccc6c5sc5ccccc56)cc4)ccc3c2)cc1. The van der Waals surface area contributed by atoms with Gasteiger partial charge in [0.1, 0.15) is 0 Å². The van der Waals surface area contributed by atoms with E-state index < -0.39 is 0 Å². The number of nitrogens with zero attached hydrogens (tertiary/aromatic N) is 1. The van der Waals surface area contributed by atoms with Gasteiger partial charge in [-0.15, -0.1) is 11.3 Å². The topological polar surface area (TPSA) is 3.24 Å². The highest BCUT2D eigenvalue weighted by Gasteiger charge is 2.19. The van der Waals surface area contributed by atoms with Crippen LogP contribution in [0.1, 0.15) is 0 Å². The fraction of sp³-hybridized carbons (Fsp3) is 0. The van der Waals surface area contributed by atoms with Crippen LogP contribution in [-0.4, -0.2) is 0 Å². The molecule has 0 bridgehead atoms. The van der Waals surface area contributed by atoms with E-state index in [0.29, 0.717) is 0 Å². The summed E-state index contributed by atoms with van der Waals surface area (Å²) >= 11 is 1.86. The number of benzene rings is 9. The number of thiophene rings is 1. The Morgan fingerprint density at radius 1 is 0.315 bits per heavy atom. The second-order valence-electron chi connectivity index (χ2n) is 13.7. The van der Waals surface area contributed by atoms with Gasteiger partial charge in [0.25, 0.3) is 0 Å². The van der Waals surface area contributed by atoms with Gasteiger partial charge < -0.3 is 4.90 Å². The molecule has 0 spiro atoms. The largest absolute Gasteiger partial charge is 0.309 e. The van der Waals surface area contributed by atoms with Gasteiger partial charge in [-0.25, -0.2) is 0 Å². The standard InChI is InChI=1S/C52H35NS/c1-3-12-36(13-4-1)40-22-24-43-35-41(23-25-42(43)34-40)37-26-30-44(31-27-37)53(50-20-11-19-49-48-18-9-10-21-51(48)54-52(49)50)45-32-28-39(29-33-45)47-17-8-7-16-46(47)38-14-5-2-6-15-38/h1-35H. The van der Waals surface area contributed by atoms with Crippen LogP contribution in [0.2, 0.25) is 0 Å². The first-order chi connectivity index (χ1) is 26.8. The maximum atomic E-state index is 2.42. The van der Waals surface area contributed by atoms with Crippen LogP contribution in [0.3, 0.4) is 0 Å². The minimum atomic E-state index is 1.12. The molecule has 0 N–H and O–H groups in total. The summed E-state index contributed by atoms with van der Waals surface area (Å²) in [5.74, 6) is 0. The van der Waals surface area contributed by atoms with Gasteiger partial charge in [-0.3, -0.25) is 0 Å². The van der Waals surface area contributed by atoms with Crippen molar-refractivity contribution in [1.82, 2.24) is 0 Å². The van der Waals surface area contributed by atoms with E-state index in [4.69, 9.17) is 0 Å². The summed E-state index contributed by atoms with van der Waals surface area (Å²) in [5, 5.41) is 5.07. The van der Waals surface area contributed by atoms with Gasteiger partial charge in [-0.1, -0.05) is 164 Å². The monoisotopic (exact) mass is 705 g/mol. The first-order valence-corrected chi connectivity index (χ1v) is 19.2. The predicted octanol–water partition coefficient (Wildman–Crippen LogP) is 15.3. The molecule has 0 saturated carbocycles. The van der Waals surface area contributed by atoms with E-state index in [9.17, 15) is 0 Å². The van der Waals surface area contributed by atoms with Crippen LogP contribution in [0.15, 0.2) is 212 Å². The van der Waals surface area contributed by atoms with Gasteiger partial charge >= 0.3 is 0 Å². The van der Waals surface area contributed by atoms with Gasteiger partial charge in [0, 0.05) is 26.8 Å². The van der Waals surface area contributed by atoms with E-state index in [1.807, 2.05) is 11.3 Å². The summed E-state index contributed by atoms with van der Waals surface area (Å²) in [4.78, 5) is 2.42. The average Bonchev–Trinajstić information content (AvgIpc) is 3.64. The molecular formula is C52H35NS. The Balaban J connectivity index is 1.05. The second-order valence-corrected chi connectivity index (χ2v) is 14.8. The molecule has 0 aliphatic carbocycles. The third-order valence-corrected chi connectivity index (χ3v) is 11.7. The molecule has 10 rings (SSSR count). The molecular weight excluding hydrogens is 671 g/mol. The summed E-state index contributed by atoms with van der Waals surface area (Å²) in [6, 6.07) is 77.1. The number of anilines is 3. The molecule has 10 aromatic rings. The van der Waals surface area contributed by atoms with E-state index >= 15 is 0 Å². The van der Waals surface area contributed by atoms with Gasteiger partial charge in [0.15, 0.2) is 0 Å². The Morgan fingerprint density at radius 2 is 0.778 bits per heavy atom.